The van der Waals surface area contributed by atoms with E-state index < -0.39 is 23.9 Å². The minimum Gasteiger partial charge on any atom is -0.481 e. The van der Waals surface area contributed by atoms with Crippen LogP contribution in [0.4, 0.5) is 0 Å². The number of carboxylic acid groups (broad SMARTS) is 2. The van der Waals surface area contributed by atoms with Crippen molar-refractivity contribution in [1.29, 1.82) is 0 Å². The molecule has 0 aliphatic heterocycles. The van der Waals surface area contributed by atoms with Crippen LogP contribution in [-0.2, 0) is 19.1 Å². The molecule has 0 amide bonds. The summed E-state index contributed by atoms with van der Waals surface area (Å²) in [6, 6.07) is 6.80. The van der Waals surface area contributed by atoms with Crippen LogP contribution in [0.5, 0.6) is 0 Å². The number of thioether (sulfide) groups is 2. The third-order valence-corrected chi connectivity index (χ3v) is 13.9. The number of hydrogen-bond donors (Lipinski definition) is 2. The third kappa shape index (κ3) is 39.4. The molecule has 0 radical (unpaired) electrons. The molecular weight excluding hydrogens is 817 g/mol. The highest BCUT2D eigenvalue weighted by atomic mass is 32.2. The molecule has 1 aromatic carbocycles. The molecule has 1 rings (SSSR count). The molecule has 1 aromatic rings. The van der Waals surface area contributed by atoms with E-state index in [1.165, 1.54) is 180 Å². The Hall–Kier alpha value is -2.20. The number of aliphatic carboxylic acids is 2. The van der Waals surface area contributed by atoms with Gasteiger partial charge in [0.15, 0.2) is 0 Å². The molecule has 2 N–H and O–H groups in total. The van der Waals surface area contributed by atoms with Gasteiger partial charge < -0.3 is 19.7 Å². The highest BCUT2D eigenvalue weighted by Gasteiger charge is 2.19. The van der Waals surface area contributed by atoms with Crippen molar-refractivity contribution in [2.24, 2.45) is 0 Å². The van der Waals surface area contributed by atoms with Crippen molar-refractivity contribution in [3.05, 3.63) is 35.4 Å². The molecule has 0 atom stereocenters. The van der Waals surface area contributed by atoms with E-state index in [0.29, 0.717) is 26.1 Å². The van der Waals surface area contributed by atoms with Gasteiger partial charge in [-0.2, -0.15) is 23.5 Å². The van der Waals surface area contributed by atoms with Crippen molar-refractivity contribution in [2.45, 2.75) is 231 Å². The highest BCUT2D eigenvalue weighted by molar-refractivity contribution is 7.99. The lowest BCUT2D eigenvalue weighted by atomic mass is 10.0. The van der Waals surface area contributed by atoms with Gasteiger partial charge in [0.05, 0.1) is 24.3 Å². The number of carbonyl (C=O) groups is 4. The molecule has 358 valence electrons. The Morgan fingerprint density at radius 2 is 0.565 bits per heavy atom. The standard InChI is InChI=1S/C52H90O8S2/c53-49(54)39-29-25-21-17-13-9-5-1-3-7-11-15-19-23-27-33-43-61-45-35-41-59-51(57)47-37-31-32-38-48(47)52(58)60-42-36-46-62-44-34-28-24-20-16-12-8-4-2-6-10-14-18-22-26-30-40-50(55)56/h31-32,37-38H,1-30,33-36,39-46H2,(H,53,54)(H,55,56). The Bertz CT molecular complexity index is 1120. The van der Waals surface area contributed by atoms with Gasteiger partial charge in [-0.05, 0) is 73.7 Å². The predicted octanol–water partition coefficient (Wildman–Crippen LogP) is 15.7. The van der Waals surface area contributed by atoms with Crippen molar-refractivity contribution in [2.75, 3.05) is 36.2 Å². The maximum atomic E-state index is 12.8. The number of esters is 2. The molecule has 0 unspecified atom stereocenters. The third-order valence-electron chi connectivity index (χ3n) is 11.6. The largest absolute Gasteiger partial charge is 0.481 e. The molecule has 8 nitrogen and oxygen atoms in total. The monoisotopic (exact) mass is 907 g/mol. The second-order valence-electron chi connectivity index (χ2n) is 17.4. The molecule has 0 fully saturated rings. The first-order chi connectivity index (χ1) is 30.4. The van der Waals surface area contributed by atoms with Crippen LogP contribution in [0.2, 0.25) is 0 Å². The average molecular weight is 907 g/mol. The van der Waals surface area contributed by atoms with Crippen molar-refractivity contribution in [3.8, 4) is 0 Å². The van der Waals surface area contributed by atoms with E-state index in [9.17, 15) is 19.2 Å². The SMILES string of the molecule is O=C(O)CCCCCCCCCCCCCCCCCCSCCCOC(=O)c1ccccc1C(=O)OCCCSCCCCCCCCCCCCCCCCCCC(=O)O. The summed E-state index contributed by atoms with van der Waals surface area (Å²) in [5, 5.41) is 17.3. The van der Waals surface area contributed by atoms with Crippen molar-refractivity contribution in [1.82, 2.24) is 0 Å². The van der Waals surface area contributed by atoms with Gasteiger partial charge in [0, 0.05) is 12.8 Å². The number of carboxylic acids is 2. The Morgan fingerprint density at radius 3 is 0.823 bits per heavy atom. The van der Waals surface area contributed by atoms with Crippen molar-refractivity contribution < 1.29 is 38.9 Å². The summed E-state index contributed by atoms with van der Waals surface area (Å²) in [5.41, 5.74) is 0.556. The fourth-order valence-electron chi connectivity index (χ4n) is 7.76. The summed E-state index contributed by atoms with van der Waals surface area (Å²) in [6.07, 6.45) is 42.7. The summed E-state index contributed by atoms with van der Waals surface area (Å²) in [6.45, 7) is 0.706. The van der Waals surface area contributed by atoms with Gasteiger partial charge in [0.2, 0.25) is 0 Å². The molecule has 0 aliphatic rings. The number of carbonyl (C=O) groups excluding carboxylic acids is 2. The van der Waals surface area contributed by atoms with Crippen LogP contribution in [0.25, 0.3) is 0 Å². The zero-order valence-electron chi connectivity index (χ0n) is 39.2. The van der Waals surface area contributed by atoms with Gasteiger partial charge in [-0.1, -0.05) is 192 Å². The first kappa shape index (κ1) is 57.8. The van der Waals surface area contributed by atoms with E-state index in [1.807, 2.05) is 23.5 Å². The summed E-state index contributed by atoms with van der Waals surface area (Å²) < 4.78 is 11.1. The average Bonchev–Trinajstić information content (AvgIpc) is 3.26. The number of hydrogen-bond acceptors (Lipinski definition) is 8. The summed E-state index contributed by atoms with van der Waals surface area (Å²) in [7, 11) is 0. The fraction of sp³-hybridized carbons (Fsp3) is 0.808. The van der Waals surface area contributed by atoms with Gasteiger partial charge in [0.1, 0.15) is 0 Å². The normalized spacial score (nSPS) is 11.2. The predicted molar refractivity (Wildman–Crippen MR) is 263 cm³/mol. The summed E-state index contributed by atoms with van der Waals surface area (Å²) >= 11 is 3.85. The molecule has 0 bridgehead atoms. The smallest absolute Gasteiger partial charge is 0.339 e. The van der Waals surface area contributed by atoms with Gasteiger partial charge in [-0.3, -0.25) is 9.59 Å². The molecule has 0 aromatic heterocycles. The van der Waals surface area contributed by atoms with Crippen LogP contribution >= 0.6 is 23.5 Å². The Balaban J connectivity index is 1.89. The maximum Gasteiger partial charge on any atom is 0.339 e. The van der Waals surface area contributed by atoms with Gasteiger partial charge in [-0.25, -0.2) is 9.59 Å². The zero-order chi connectivity index (χ0) is 44.8. The topological polar surface area (TPSA) is 127 Å². The van der Waals surface area contributed by atoms with Crippen LogP contribution in [-0.4, -0.2) is 70.3 Å². The molecular formula is C52H90O8S2. The second kappa shape index (κ2) is 45.4. The first-order valence-corrected chi connectivity index (χ1v) is 27.7. The zero-order valence-corrected chi connectivity index (χ0v) is 40.8. The van der Waals surface area contributed by atoms with Crippen molar-refractivity contribution in [3.63, 3.8) is 0 Å². The summed E-state index contributed by atoms with van der Waals surface area (Å²) in [5.74, 6) is 1.96. The lowest BCUT2D eigenvalue weighted by Gasteiger charge is -2.10. The van der Waals surface area contributed by atoms with E-state index >= 15 is 0 Å². The van der Waals surface area contributed by atoms with E-state index in [-0.39, 0.29) is 11.1 Å². The van der Waals surface area contributed by atoms with Crippen LogP contribution in [0.3, 0.4) is 0 Å². The Kier molecular flexibility index (Phi) is 42.3. The second-order valence-corrected chi connectivity index (χ2v) is 19.8. The van der Waals surface area contributed by atoms with E-state index in [1.54, 1.807) is 24.3 Å². The molecule has 10 heteroatoms. The van der Waals surface area contributed by atoms with Crippen molar-refractivity contribution >= 4 is 47.4 Å². The summed E-state index contributed by atoms with van der Waals surface area (Å²) in [4.78, 5) is 46.7. The molecule has 0 saturated heterocycles. The lowest BCUT2D eigenvalue weighted by Crippen LogP contribution is -2.15. The highest BCUT2D eigenvalue weighted by Crippen LogP contribution is 2.18. The molecule has 0 spiro atoms. The molecule has 0 aliphatic carbocycles. The first-order valence-electron chi connectivity index (χ1n) is 25.4. The van der Waals surface area contributed by atoms with Gasteiger partial charge in [0.25, 0.3) is 0 Å². The number of ether oxygens (including phenoxy) is 2. The number of benzene rings is 1. The fourth-order valence-corrected chi connectivity index (χ4v) is 9.63. The molecule has 0 heterocycles. The van der Waals surface area contributed by atoms with E-state index in [0.717, 1.165) is 61.5 Å². The van der Waals surface area contributed by atoms with Crippen LogP contribution in [0, 0.1) is 0 Å². The Labute approximate surface area is 387 Å². The minimum atomic E-state index is -0.673. The van der Waals surface area contributed by atoms with E-state index in [4.69, 9.17) is 19.7 Å². The van der Waals surface area contributed by atoms with Gasteiger partial charge in [-0.15, -0.1) is 0 Å². The quantitative estimate of drug-likeness (QED) is 0.0482. The maximum absolute atomic E-state index is 12.8. The molecule has 0 saturated carbocycles. The van der Waals surface area contributed by atoms with E-state index in [2.05, 4.69) is 0 Å². The van der Waals surface area contributed by atoms with Gasteiger partial charge >= 0.3 is 23.9 Å². The number of unbranched alkanes of at least 4 members (excludes halogenated alkanes) is 30. The Morgan fingerprint density at radius 1 is 0.339 bits per heavy atom. The number of rotatable bonds is 48. The van der Waals surface area contributed by atoms with Crippen LogP contribution in [0.15, 0.2) is 24.3 Å². The van der Waals surface area contributed by atoms with Crippen LogP contribution in [0.1, 0.15) is 252 Å². The minimum absolute atomic E-state index is 0.278. The molecule has 62 heavy (non-hydrogen) atoms. The van der Waals surface area contributed by atoms with Crippen LogP contribution < -0.4 is 0 Å². The lowest BCUT2D eigenvalue weighted by molar-refractivity contribution is -0.138.